The van der Waals surface area contributed by atoms with Crippen LogP contribution in [0.15, 0.2) is 22.9 Å². The van der Waals surface area contributed by atoms with Crippen LogP contribution in [-0.4, -0.2) is 17.7 Å². The minimum absolute atomic E-state index is 0.205. The van der Waals surface area contributed by atoms with Crippen molar-refractivity contribution in [3.05, 3.63) is 22.9 Å². The van der Waals surface area contributed by atoms with E-state index in [4.69, 9.17) is 0 Å². The molecule has 102 valence electrons. The van der Waals surface area contributed by atoms with Gasteiger partial charge in [0.2, 0.25) is 0 Å². The van der Waals surface area contributed by atoms with E-state index in [1.807, 2.05) is 22.9 Å². The highest BCUT2D eigenvalue weighted by molar-refractivity contribution is 7.07. The van der Waals surface area contributed by atoms with E-state index in [2.05, 4.69) is 0 Å². The lowest BCUT2D eigenvalue weighted by atomic mass is 9.96. The van der Waals surface area contributed by atoms with E-state index in [0.29, 0.717) is 6.42 Å². The molecule has 0 saturated carbocycles. The second-order valence-corrected chi connectivity index (χ2v) is 4.41. The van der Waals surface area contributed by atoms with Crippen LogP contribution in [0.4, 0.5) is 13.2 Å². The predicted octanol–water partition coefficient (Wildman–Crippen LogP) is 3.87. The van der Waals surface area contributed by atoms with Crippen LogP contribution in [0.25, 0.3) is 0 Å². The van der Waals surface area contributed by atoms with Crippen molar-refractivity contribution in [3.8, 4) is 0 Å². The van der Waals surface area contributed by atoms with Crippen molar-refractivity contribution >= 4 is 22.9 Å². The van der Waals surface area contributed by atoms with E-state index >= 15 is 0 Å². The third-order valence-corrected chi connectivity index (χ3v) is 2.61. The second-order valence-electron chi connectivity index (χ2n) is 3.59. The average Bonchev–Trinajstić information content (AvgIpc) is 2.71. The van der Waals surface area contributed by atoms with Gasteiger partial charge in [-0.05, 0) is 24.1 Å². The lowest BCUT2D eigenvalue weighted by molar-refractivity contribution is -0.184. The van der Waals surface area contributed by atoms with Crippen LogP contribution in [0.1, 0.15) is 26.7 Å². The lowest BCUT2D eigenvalue weighted by Crippen LogP contribution is -2.36. The Labute approximate surface area is 108 Å². The molecule has 6 heteroatoms. The topological polar surface area (TPSA) is 34.1 Å². The first-order chi connectivity index (χ1) is 8.30. The summed E-state index contributed by atoms with van der Waals surface area (Å²) in [7, 11) is 0. The molecule has 1 unspecified atom stereocenters. The maximum Gasteiger partial charge on any atom is 0.405 e. The van der Waals surface area contributed by atoms with Crippen molar-refractivity contribution < 1.29 is 22.8 Å². The van der Waals surface area contributed by atoms with Crippen LogP contribution in [-0.2, 0) is 9.59 Å². The van der Waals surface area contributed by atoms with Crippen molar-refractivity contribution in [1.82, 2.24) is 0 Å². The van der Waals surface area contributed by atoms with E-state index in [9.17, 15) is 22.8 Å². The molecule has 18 heavy (non-hydrogen) atoms. The van der Waals surface area contributed by atoms with Gasteiger partial charge < -0.3 is 0 Å². The van der Waals surface area contributed by atoms with Crippen molar-refractivity contribution in [3.63, 3.8) is 0 Å². The first-order valence-electron chi connectivity index (χ1n) is 5.37. The number of alkyl halides is 3. The summed E-state index contributed by atoms with van der Waals surface area (Å²) in [5.41, 5.74) is 0. The van der Waals surface area contributed by atoms with Gasteiger partial charge in [0, 0.05) is 6.42 Å². The fraction of sp³-hybridized carbons (Fsp3) is 0.500. The second kappa shape index (κ2) is 8.02. The van der Waals surface area contributed by atoms with Gasteiger partial charge in [-0.3, -0.25) is 9.59 Å². The standard InChI is InChI=1S/C8H11F3O2.C4H4S/c1-3-4-6(13)7(5(2)12)8(9,10)11;1-2-4-5-3-1/h7H,3-4H2,1-2H3;1-4H. The Balaban J connectivity index is 0.000000473. The normalized spacial score (nSPS) is 12.3. The Hall–Kier alpha value is -1.17. The van der Waals surface area contributed by atoms with E-state index < -0.39 is 23.7 Å². The summed E-state index contributed by atoms with van der Waals surface area (Å²) in [4.78, 5) is 21.5. The zero-order valence-electron chi connectivity index (χ0n) is 10.2. The van der Waals surface area contributed by atoms with Crippen molar-refractivity contribution in [1.29, 1.82) is 0 Å². The summed E-state index contributed by atoms with van der Waals surface area (Å²) in [6.07, 6.45) is -4.62. The summed E-state index contributed by atoms with van der Waals surface area (Å²) < 4.78 is 36.3. The van der Waals surface area contributed by atoms with Gasteiger partial charge in [-0.25, -0.2) is 0 Å². The molecular formula is C12H15F3O2S. The number of halogens is 3. The molecule has 0 N–H and O–H groups in total. The number of rotatable bonds is 4. The number of ketones is 2. The average molecular weight is 280 g/mol. The van der Waals surface area contributed by atoms with Gasteiger partial charge in [-0.1, -0.05) is 19.1 Å². The monoisotopic (exact) mass is 280 g/mol. The lowest BCUT2D eigenvalue weighted by Gasteiger charge is -2.15. The molecule has 2 nitrogen and oxygen atoms in total. The Kier molecular flexibility index (Phi) is 7.50. The van der Waals surface area contributed by atoms with Crippen LogP contribution >= 0.6 is 11.3 Å². The highest BCUT2D eigenvalue weighted by Crippen LogP contribution is 2.28. The molecule has 0 aliphatic heterocycles. The molecule has 1 atom stereocenters. The van der Waals surface area contributed by atoms with Gasteiger partial charge in [-0.15, -0.1) is 0 Å². The highest BCUT2D eigenvalue weighted by Gasteiger charge is 2.47. The van der Waals surface area contributed by atoms with Crippen molar-refractivity contribution in [2.24, 2.45) is 5.92 Å². The van der Waals surface area contributed by atoms with Gasteiger partial charge in [-0.2, -0.15) is 24.5 Å². The highest BCUT2D eigenvalue weighted by atomic mass is 32.1. The number of Topliss-reactive ketones (excluding diaryl/α,β-unsaturated/α-hetero) is 2. The zero-order chi connectivity index (χ0) is 14.2. The summed E-state index contributed by atoms with van der Waals surface area (Å²) in [5, 5.41) is 4.08. The minimum atomic E-state index is -4.74. The Morgan fingerprint density at radius 2 is 1.72 bits per heavy atom. The molecule has 0 saturated heterocycles. The molecule has 0 amide bonds. The largest absolute Gasteiger partial charge is 0.405 e. The number of carbonyl (C=O) groups is 2. The molecule has 0 aliphatic rings. The van der Waals surface area contributed by atoms with Crippen molar-refractivity contribution in [2.45, 2.75) is 32.9 Å². The Morgan fingerprint density at radius 1 is 1.22 bits per heavy atom. The first kappa shape index (κ1) is 16.8. The molecule has 0 aliphatic carbocycles. The van der Waals surface area contributed by atoms with E-state index in [0.717, 1.165) is 6.92 Å². The smallest absolute Gasteiger partial charge is 0.299 e. The molecular weight excluding hydrogens is 265 g/mol. The molecule has 0 radical (unpaired) electrons. The maximum absolute atomic E-state index is 12.1. The molecule has 0 bridgehead atoms. The Bertz CT molecular complexity index is 341. The molecule has 1 rings (SSSR count). The van der Waals surface area contributed by atoms with Crippen LogP contribution < -0.4 is 0 Å². The van der Waals surface area contributed by atoms with Crippen LogP contribution in [0.3, 0.4) is 0 Å². The maximum atomic E-state index is 12.1. The fourth-order valence-electron chi connectivity index (χ4n) is 1.26. The van der Waals surface area contributed by atoms with E-state index in [1.165, 1.54) is 0 Å². The van der Waals surface area contributed by atoms with Crippen LogP contribution in [0.2, 0.25) is 0 Å². The molecule has 1 aromatic heterocycles. The molecule has 0 aromatic carbocycles. The van der Waals surface area contributed by atoms with Gasteiger partial charge in [0.1, 0.15) is 5.78 Å². The van der Waals surface area contributed by atoms with E-state index in [-0.39, 0.29) is 6.42 Å². The van der Waals surface area contributed by atoms with Gasteiger partial charge in [0.15, 0.2) is 11.7 Å². The third kappa shape index (κ3) is 6.54. The summed E-state index contributed by atoms with van der Waals surface area (Å²) in [6, 6.07) is 4.04. The van der Waals surface area contributed by atoms with Gasteiger partial charge >= 0.3 is 6.18 Å². The summed E-state index contributed by atoms with van der Waals surface area (Å²) >= 11 is 1.71. The molecule has 1 aromatic rings. The molecule has 0 spiro atoms. The predicted molar refractivity (Wildman–Crippen MR) is 64.5 cm³/mol. The number of hydrogen-bond donors (Lipinski definition) is 0. The number of hydrogen-bond acceptors (Lipinski definition) is 3. The van der Waals surface area contributed by atoms with Crippen molar-refractivity contribution in [2.75, 3.05) is 0 Å². The van der Waals surface area contributed by atoms with Gasteiger partial charge in [0.25, 0.3) is 0 Å². The fourth-order valence-corrected chi connectivity index (χ4v) is 1.71. The molecule has 0 fully saturated rings. The quantitative estimate of drug-likeness (QED) is 0.784. The summed E-state index contributed by atoms with van der Waals surface area (Å²) in [5.74, 6) is -4.60. The molecule has 1 heterocycles. The first-order valence-corrected chi connectivity index (χ1v) is 6.32. The van der Waals surface area contributed by atoms with E-state index in [1.54, 1.807) is 18.3 Å². The SMILES string of the molecule is CCCC(=O)C(C(C)=O)C(F)(F)F.c1ccsc1. The zero-order valence-corrected chi connectivity index (χ0v) is 11.0. The van der Waals surface area contributed by atoms with Gasteiger partial charge in [0.05, 0.1) is 0 Å². The third-order valence-electron chi connectivity index (χ3n) is 1.98. The minimum Gasteiger partial charge on any atom is -0.299 e. The number of carbonyl (C=O) groups excluding carboxylic acids is 2. The van der Waals surface area contributed by atoms with Crippen LogP contribution in [0.5, 0.6) is 0 Å². The van der Waals surface area contributed by atoms with Crippen LogP contribution in [0, 0.1) is 5.92 Å². The Morgan fingerprint density at radius 3 is 1.94 bits per heavy atom. The summed E-state index contributed by atoms with van der Waals surface area (Å²) in [6.45, 7) is 2.37. The number of thiophene rings is 1.